The van der Waals surface area contributed by atoms with Crippen LogP contribution in [0.5, 0.6) is 0 Å². The summed E-state index contributed by atoms with van der Waals surface area (Å²) in [5.74, 6) is 0.444. The monoisotopic (exact) mass is 250 g/mol. The van der Waals surface area contributed by atoms with Gasteiger partial charge in [-0.05, 0) is 37.0 Å². The molecule has 1 nitrogen and oxygen atoms in total. The van der Waals surface area contributed by atoms with Crippen molar-refractivity contribution in [3.8, 4) is 0 Å². The summed E-state index contributed by atoms with van der Waals surface area (Å²) in [4.78, 5) is 0. The lowest BCUT2D eigenvalue weighted by Gasteiger charge is -2.31. The summed E-state index contributed by atoms with van der Waals surface area (Å²) in [6.07, 6.45) is 7.93. The molecule has 0 saturated heterocycles. The second-order valence-corrected chi connectivity index (χ2v) is 6.01. The highest BCUT2D eigenvalue weighted by Crippen LogP contribution is 2.32. The normalized spacial score (nSPS) is 20.6. The van der Waals surface area contributed by atoms with Crippen LogP contribution < -0.4 is 0 Å². The topological polar surface area (TPSA) is 20.2 Å². The van der Waals surface area contributed by atoms with Gasteiger partial charge in [-0.2, -0.15) is 0 Å². The minimum Gasteiger partial charge on any atom is -0.390 e. The van der Waals surface area contributed by atoms with E-state index in [1.165, 1.54) is 44.2 Å². The molecule has 1 aromatic rings. The number of aliphatic hydroxyl groups is 1. The van der Waals surface area contributed by atoms with Crippen molar-refractivity contribution in [1.29, 1.82) is 0 Å². The molecular formula is C16H23FO. The Morgan fingerprint density at radius 1 is 1.17 bits per heavy atom. The maximum absolute atomic E-state index is 12.8. The second-order valence-electron chi connectivity index (χ2n) is 6.01. The molecule has 0 amide bonds. The molecule has 1 atom stereocenters. The summed E-state index contributed by atoms with van der Waals surface area (Å²) in [5.41, 5.74) is 0.344. The van der Waals surface area contributed by atoms with Crippen molar-refractivity contribution in [2.24, 2.45) is 5.92 Å². The molecule has 1 unspecified atom stereocenters. The lowest BCUT2D eigenvalue weighted by atomic mass is 9.79. The van der Waals surface area contributed by atoms with E-state index in [0.717, 1.165) is 12.0 Å². The molecule has 1 aliphatic carbocycles. The van der Waals surface area contributed by atoms with Crippen LogP contribution in [0.2, 0.25) is 0 Å². The molecule has 1 N–H and O–H groups in total. The van der Waals surface area contributed by atoms with E-state index >= 15 is 0 Å². The molecule has 0 heterocycles. The molecule has 1 aromatic carbocycles. The Bertz CT molecular complexity index is 363. The van der Waals surface area contributed by atoms with E-state index in [9.17, 15) is 9.50 Å². The summed E-state index contributed by atoms with van der Waals surface area (Å²) in [5, 5.41) is 10.5. The van der Waals surface area contributed by atoms with Crippen molar-refractivity contribution < 1.29 is 9.50 Å². The van der Waals surface area contributed by atoms with Crippen LogP contribution in [0.4, 0.5) is 4.39 Å². The molecule has 0 bridgehead atoms. The van der Waals surface area contributed by atoms with Crippen molar-refractivity contribution >= 4 is 0 Å². The highest BCUT2D eigenvalue weighted by atomic mass is 19.1. The average Bonchev–Trinajstić information content (AvgIpc) is 2.32. The van der Waals surface area contributed by atoms with Crippen molar-refractivity contribution in [3.63, 3.8) is 0 Å². The van der Waals surface area contributed by atoms with Gasteiger partial charge in [0.05, 0.1) is 5.60 Å². The van der Waals surface area contributed by atoms with Gasteiger partial charge in [0, 0.05) is 6.42 Å². The number of rotatable bonds is 4. The van der Waals surface area contributed by atoms with Crippen molar-refractivity contribution in [2.75, 3.05) is 0 Å². The Kier molecular flexibility index (Phi) is 4.39. The Morgan fingerprint density at radius 3 is 2.39 bits per heavy atom. The molecule has 0 aromatic heterocycles. The van der Waals surface area contributed by atoms with Gasteiger partial charge in [0.15, 0.2) is 0 Å². The van der Waals surface area contributed by atoms with Gasteiger partial charge < -0.3 is 5.11 Å². The summed E-state index contributed by atoms with van der Waals surface area (Å²) in [7, 11) is 0. The predicted molar refractivity (Wildman–Crippen MR) is 71.9 cm³/mol. The summed E-state index contributed by atoms with van der Waals surface area (Å²) < 4.78 is 12.8. The van der Waals surface area contributed by atoms with Crippen LogP contribution in [0.1, 0.15) is 51.0 Å². The third kappa shape index (κ3) is 4.09. The zero-order valence-electron chi connectivity index (χ0n) is 11.2. The first kappa shape index (κ1) is 13.5. The van der Waals surface area contributed by atoms with Crippen LogP contribution in [0.15, 0.2) is 24.3 Å². The van der Waals surface area contributed by atoms with Crippen LogP contribution in [0, 0.1) is 11.7 Å². The Morgan fingerprint density at radius 2 is 1.78 bits per heavy atom. The average molecular weight is 250 g/mol. The van der Waals surface area contributed by atoms with Crippen molar-refractivity contribution in [3.05, 3.63) is 35.6 Å². The zero-order chi connectivity index (χ0) is 13.0. The van der Waals surface area contributed by atoms with E-state index in [1.807, 2.05) is 6.92 Å². The van der Waals surface area contributed by atoms with Gasteiger partial charge >= 0.3 is 0 Å². The smallest absolute Gasteiger partial charge is 0.123 e. The van der Waals surface area contributed by atoms with E-state index in [4.69, 9.17) is 0 Å². The number of benzene rings is 1. The van der Waals surface area contributed by atoms with Crippen molar-refractivity contribution in [2.45, 2.75) is 57.5 Å². The van der Waals surface area contributed by atoms with Crippen LogP contribution in [0.3, 0.4) is 0 Å². The van der Waals surface area contributed by atoms with Gasteiger partial charge in [-0.1, -0.05) is 44.2 Å². The van der Waals surface area contributed by atoms with Crippen LogP contribution in [0.25, 0.3) is 0 Å². The molecule has 0 aliphatic heterocycles. The maximum atomic E-state index is 12.8. The Hall–Kier alpha value is -0.890. The summed E-state index contributed by atoms with van der Waals surface area (Å²) >= 11 is 0. The largest absolute Gasteiger partial charge is 0.390 e. The lowest BCUT2D eigenvalue weighted by Crippen LogP contribution is -2.31. The highest BCUT2D eigenvalue weighted by Gasteiger charge is 2.26. The predicted octanol–water partition coefficient (Wildman–Crippen LogP) is 4.09. The Labute approximate surface area is 109 Å². The number of hydrogen-bond donors (Lipinski definition) is 1. The Balaban J connectivity index is 1.91. The minimum absolute atomic E-state index is 0.217. The molecule has 1 fully saturated rings. The third-order valence-electron chi connectivity index (χ3n) is 3.95. The van der Waals surface area contributed by atoms with Gasteiger partial charge in [0.2, 0.25) is 0 Å². The highest BCUT2D eigenvalue weighted by molar-refractivity contribution is 5.18. The second kappa shape index (κ2) is 5.83. The van der Waals surface area contributed by atoms with E-state index < -0.39 is 5.60 Å². The fourth-order valence-corrected chi connectivity index (χ4v) is 3.13. The third-order valence-corrected chi connectivity index (χ3v) is 3.95. The van der Waals surface area contributed by atoms with Crippen molar-refractivity contribution in [1.82, 2.24) is 0 Å². The molecule has 1 saturated carbocycles. The maximum Gasteiger partial charge on any atom is 0.123 e. The SMILES string of the molecule is CC(O)(Cc1ccc(F)cc1)CC1CCCCC1. The standard InChI is InChI=1S/C16H23FO/c1-16(18,11-13-5-3-2-4-6-13)12-14-7-9-15(17)10-8-14/h7-10,13,18H,2-6,11-12H2,1H3. The van der Waals surface area contributed by atoms with E-state index in [-0.39, 0.29) is 5.82 Å². The first-order chi connectivity index (χ1) is 8.55. The van der Waals surface area contributed by atoms with E-state index in [2.05, 4.69) is 0 Å². The molecule has 18 heavy (non-hydrogen) atoms. The number of hydrogen-bond acceptors (Lipinski definition) is 1. The summed E-state index contributed by atoms with van der Waals surface area (Å²) in [6, 6.07) is 6.47. The molecular weight excluding hydrogens is 227 g/mol. The fraction of sp³-hybridized carbons (Fsp3) is 0.625. The van der Waals surface area contributed by atoms with Crippen LogP contribution >= 0.6 is 0 Å². The lowest BCUT2D eigenvalue weighted by molar-refractivity contribution is 0.0279. The molecule has 2 rings (SSSR count). The summed E-state index contributed by atoms with van der Waals surface area (Å²) in [6.45, 7) is 1.91. The molecule has 1 aliphatic rings. The van der Waals surface area contributed by atoms with Gasteiger partial charge in [-0.3, -0.25) is 0 Å². The first-order valence-corrected chi connectivity index (χ1v) is 7.02. The fourth-order valence-electron chi connectivity index (χ4n) is 3.13. The van der Waals surface area contributed by atoms with Gasteiger partial charge in [-0.15, -0.1) is 0 Å². The van der Waals surface area contributed by atoms with Gasteiger partial charge in [-0.25, -0.2) is 4.39 Å². The van der Waals surface area contributed by atoms with E-state index in [0.29, 0.717) is 12.3 Å². The molecule has 0 spiro atoms. The molecule has 0 radical (unpaired) electrons. The first-order valence-electron chi connectivity index (χ1n) is 7.02. The van der Waals surface area contributed by atoms with Crippen LogP contribution in [-0.2, 0) is 6.42 Å². The van der Waals surface area contributed by atoms with Gasteiger partial charge in [0.1, 0.15) is 5.82 Å². The quantitative estimate of drug-likeness (QED) is 0.853. The minimum atomic E-state index is -0.667. The zero-order valence-corrected chi connectivity index (χ0v) is 11.2. The number of halogens is 1. The molecule has 100 valence electrons. The van der Waals surface area contributed by atoms with Gasteiger partial charge in [0.25, 0.3) is 0 Å². The molecule has 2 heteroatoms. The van der Waals surface area contributed by atoms with E-state index in [1.54, 1.807) is 12.1 Å². The van der Waals surface area contributed by atoms with Crippen LogP contribution in [-0.4, -0.2) is 10.7 Å².